The van der Waals surface area contributed by atoms with Gasteiger partial charge in [-0.1, -0.05) is 27.2 Å². The molecule has 12 heavy (non-hydrogen) atoms. The van der Waals surface area contributed by atoms with E-state index >= 15 is 0 Å². The van der Waals surface area contributed by atoms with Crippen molar-refractivity contribution >= 4 is 0 Å². The average molecular weight is 165 g/mol. The molecule has 0 aromatic carbocycles. The largest absolute Gasteiger partial charge is 0.354 e. The van der Waals surface area contributed by atoms with Crippen LogP contribution in [0.2, 0.25) is 0 Å². The molecule has 0 N–H and O–H groups in total. The molecule has 0 amide bonds. The Morgan fingerprint density at radius 2 is 2.08 bits per heavy atom. The summed E-state index contributed by atoms with van der Waals surface area (Å²) in [5.41, 5.74) is 3.02. The van der Waals surface area contributed by atoms with Gasteiger partial charge in [0.2, 0.25) is 0 Å². The van der Waals surface area contributed by atoms with Crippen LogP contribution in [-0.2, 0) is 13.5 Å². The summed E-state index contributed by atoms with van der Waals surface area (Å²) < 4.78 is 2.25. The van der Waals surface area contributed by atoms with Gasteiger partial charge in [0.1, 0.15) is 0 Å². The molecule has 1 aromatic rings. The van der Waals surface area contributed by atoms with Crippen LogP contribution in [0.25, 0.3) is 0 Å². The van der Waals surface area contributed by atoms with Crippen molar-refractivity contribution in [2.45, 2.75) is 39.5 Å². The highest BCUT2D eigenvalue weighted by Gasteiger charge is 2.08. The van der Waals surface area contributed by atoms with Crippen molar-refractivity contribution < 1.29 is 0 Å². The van der Waals surface area contributed by atoms with Crippen molar-refractivity contribution in [2.75, 3.05) is 0 Å². The molecule has 0 aliphatic rings. The van der Waals surface area contributed by atoms with Gasteiger partial charge in [-0.25, -0.2) is 0 Å². The molecule has 0 saturated carbocycles. The highest BCUT2D eigenvalue weighted by Crippen LogP contribution is 2.21. The third-order valence-electron chi connectivity index (χ3n) is 2.35. The smallest absolute Gasteiger partial charge is 0.0206 e. The van der Waals surface area contributed by atoms with Crippen LogP contribution in [0.4, 0.5) is 0 Å². The Morgan fingerprint density at radius 3 is 2.58 bits per heavy atom. The quantitative estimate of drug-likeness (QED) is 0.648. The normalized spacial score (nSPS) is 11.1. The minimum Gasteiger partial charge on any atom is -0.354 e. The molecule has 0 unspecified atom stereocenters. The zero-order valence-corrected chi connectivity index (χ0v) is 8.59. The van der Waals surface area contributed by atoms with E-state index in [1.165, 1.54) is 24.1 Å². The lowest BCUT2D eigenvalue weighted by Crippen LogP contribution is -1.99. The molecule has 1 nitrogen and oxygen atoms in total. The van der Waals surface area contributed by atoms with E-state index in [0.717, 1.165) is 0 Å². The zero-order valence-electron chi connectivity index (χ0n) is 8.59. The van der Waals surface area contributed by atoms with Crippen molar-refractivity contribution in [1.29, 1.82) is 0 Å². The highest BCUT2D eigenvalue weighted by atomic mass is 14.9. The van der Waals surface area contributed by atoms with E-state index < -0.39 is 0 Å². The fourth-order valence-electron chi connectivity index (χ4n) is 1.67. The van der Waals surface area contributed by atoms with Gasteiger partial charge in [0, 0.05) is 18.9 Å². The van der Waals surface area contributed by atoms with Crippen LogP contribution < -0.4 is 0 Å². The lowest BCUT2D eigenvalue weighted by molar-refractivity contribution is 0.750. The fourth-order valence-corrected chi connectivity index (χ4v) is 1.67. The SMILES string of the molecule is CCCc1c(C(C)C)ccn1C. The van der Waals surface area contributed by atoms with Gasteiger partial charge in [-0.2, -0.15) is 0 Å². The van der Waals surface area contributed by atoms with Crippen molar-refractivity contribution in [2.24, 2.45) is 7.05 Å². The molecule has 1 aromatic heterocycles. The lowest BCUT2D eigenvalue weighted by Gasteiger charge is -2.08. The number of rotatable bonds is 3. The van der Waals surface area contributed by atoms with Crippen LogP contribution in [0.1, 0.15) is 44.4 Å². The molecular formula is C11H19N. The monoisotopic (exact) mass is 165 g/mol. The molecule has 0 radical (unpaired) electrons. The Bertz CT molecular complexity index is 246. The van der Waals surface area contributed by atoms with Crippen LogP contribution in [0.15, 0.2) is 12.3 Å². The van der Waals surface area contributed by atoms with Crippen LogP contribution in [0, 0.1) is 0 Å². The third kappa shape index (κ3) is 1.71. The van der Waals surface area contributed by atoms with Gasteiger partial charge in [-0.15, -0.1) is 0 Å². The van der Waals surface area contributed by atoms with Crippen LogP contribution in [0.3, 0.4) is 0 Å². The Hall–Kier alpha value is -0.720. The third-order valence-corrected chi connectivity index (χ3v) is 2.35. The molecule has 68 valence electrons. The Labute approximate surface area is 75.4 Å². The minimum absolute atomic E-state index is 0.660. The molecule has 0 aliphatic heterocycles. The second-order valence-corrected chi connectivity index (χ2v) is 3.73. The van der Waals surface area contributed by atoms with E-state index in [0.29, 0.717) is 5.92 Å². The van der Waals surface area contributed by atoms with Gasteiger partial charge in [0.05, 0.1) is 0 Å². The van der Waals surface area contributed by atoms with E-state index in [2.05, 4.69) is 44.6 Å². The molecule has 0 fully saturated rings. The first kappa shape index (κ1) is 9.37. The molecule has 0 aliphatic carbocycles. The van der Waals surface area contributed by atoms with Crippen LogP contribution >= 0.6 is 0 Å². The van der Waals surface area contributed by atoms with Crippen LogP contribution in [-0.4, -0.2) is 4.57 Å². The molecule has 1 rings (SSSR count). The van der Waals surface area contributed by atoms with Crippen molar-refractivity contribution in [3.8, 4) is 0 Å². The molecular weight excluding hydrogens is 146 g/mol. The molecule has 0 bridgehead atoms. The van der Waals surface area contributed by atoms with Gasteiger partial charge in [-0.05, 0) is 24.0 Å². The fraction of sp³-hybridized carbons (Fsp3) is 0.636. The summed E-state index contributed by atoms with van der Waals surface area (Å²) in [6, 6.07) is 2.25. The van der Waals surface area contributed by atoms with Gasteiger partial charge >= 0.3 is 0 Å². The lowest BCUT2D eigenvalue weighted by atomic mass is 10.0. The second-order valence-electron chi connectivity index (χ2n) is 3.73. The van der Waals surface area contributed by atoms with Gasteiger partial charge in [-0.3, -0.25) is 0 Å². The maximum atomic E-state index is 2.26. The predicted octanol–water partition coefficient (Wildman–Crippen LogP) is 3.10. The summed E-state index contributed by atoms with van der Waals surface area (Å²) in [5, 5.41) is 0. The molecule has 0 saturated heterocycles. The van der Waals surface area contributed by atoms with Crippen molar-refractivity contribution in [3.05, 3.63) is 23.5 Å². The Morgan fingerprint density at radius 1 is 1.42 bits per heavy atom. The topological polar surface area (TPSA) is 4.93 Å². The number of aromatic nitrogens is 1. The van der Waals surface area contributed by atoms with Gasteiger partial charge in [0.15, 0.2) is 0 Å². The summed E-state index contributed by atoms with van der Waals surface area (Å²) in [5.74, 6) is 0.660. The number of hydrogen-bond donors (Lipinski definition) is 0. The maximum absolute atomic E-state index is 2.26. The Balaban J connectivity index is 2.95. The van der Waals surface area contributed by atoms with Crippen molar-refractivity contribution in [1.82, 2.24) is 4.57 Å². The van der Waals surface area contributed by atoms with Gasteiger partial charge in [0.25, 0.3) is 0 Å². The first-order valence-electron chi connectivity index (χ1n) is 4.81. The molecule has 0 atom stereocenters. The standard InChI is InChI=1S/C11H19N/c1-5-6-11-10(9(2)3)7-8-12(11)4/h7-9H,5-6H2,1-4H3. The second kappa shape index (κ2) is 3.79. The van der Waals surface area contributed by atoms with Crippen molar-refractivity contribution in [3.63, 3.8) is 0 Å². The minimum atomic E-state index is 0.660. The summed E-state index contributed by atoms with van der Waals surface area (Å²) in [7, 11) is 2.14. The summed E-state index contributed by atoms with van der Waals surface area (Å²) >= 11 is 0. The number of aryl methyl sites for hydroxylation is 1. The number of hydrogen-bond acceptors (Lipinski definition) is 0. The first-order valence-corrected chi connectivity index (χ1v) is 4.81. The van der Waals surface area contributed by atoms with Crippen LogP contribution in [0.5, 0.6) is 0 Å². The summed E-state index contributed by atoms with van der Waals surface area (Å²) in [6.45, 7) is 6.75. The predicted molar refractivity (Wildman–Crippen MR) is 53.5 cm³/mol. The summed E-state index contributed by atoms with van der Waals surface area (Å²) in [6.07, 6.45) is 4.61. The van der Waals surface area contributed by atoms with E-state index in [4.69, 9.17) is 0 Å². The number of nitrogens with zero attached hydrogens (tertiary/aromatic N) is 1. The van der Waals surface area contributed by atoms with E-state index in [1.54, 1.807) is 0 Å². The average Bonchev–Trinajstić information content (AvgIpc) is 2.34. The van der Waals surface area contributed by atoms with E-state index in [-0.39, 0.29) is 0 Å². The Kier molecular flexibility index (Phi) is 2.96. The highest BCUT2D eigenvalue weighted by molar-refractivity contribution is 5.25. The maximum Gasteiger partial charge on any atom is 0.0206 e. The van der Waals surface area contributed by atoms with E-state index in [1.807, 2.05) is 0 Å². The molecule has 0 spiro atoms. The van der Waals surface area contributed by atoms with E-state index in [9.17, 15) is 0 Å². The molecule has 1 heterocycles. The zero-order chi connectivity index (χ0) is 9.14. The van der Waals surface area contributed by atoms with Gasteiger partial charge < -0.3 is 4.57 Å². The molecule has 1 heteroatoms. The summed E-state index contributed by atoms with van der Waals surface area (Å²) in [4.78, 5) is 0. The first-order chi connectivity index (χ1) is 5.66.